The molecule has 0 saturated heterocycles. The fraction of sp³-hybridized carbons (Fsp3) is 0.207. The molecule has 0 aliphatic rings. The molecule has 0 bridgehead atoms. The molecule has 1 aromatic heterocycles. The van der Waals surface area contributed by atoms with Gasteiger partial charge in [-0.15, -0.1) is 0 Å². The summed E-state index contributed by atoms with van der Waals surface area (Å²) in [5, 5.41) is 0.745. The molecule has 0 radical (unpaired) electrons. The Bertz CT molecular complexity index is 1500. The number of hydrogen-bond donors (Lipinski definition) is 1. The molecule has 0 spiro atoms. The highest BCUT2D eigenvalue weighted by Gasteiger charge is 2.28. The average Bonchev–Trinajstić information content (AvgIpc) is 3.22. The molecule has 6 nitrogen and oxygen atoms in total. The number of nitrogens with zero attached hydrogens (tertiary/aromatic N) is 1. The van der Waals surface area contributed by atoms with Crippen molar-refractivity contribution in [2.45, 2.75) is 38.2 Å². The first kappa shape index (κ1) is 25.4. The highest BCUT2D eigenvalue weighted by molar-refractivity contribution is 7.88. The summed E-state index contributed by atoms with van der Waals surface area (Å²) in [6.45, 7) is 9.32. The van der Waals surface area contributed by atoms with Gasteiger partial charge in [-0.2, -0.15) is 0 Å². The van der Waals surface area contributed by atoms with Gasteiger partial charge in [-0.3, -0.25) is 4.57 Å². The summed E-state index contributed by atoms with van der Waals surface area (Å²) in [6, 6.07) is 23.1. The molecule has 7 heteroatoms. The van der Waals surface area contributed by atoms with E-state index in [4.69, 9.17) is 4.74 Å². The first-order valence-corrected chi connectivity index (χ1v) is 13.3. The van der Waals surface area contributed by atoms with Crippen LogP contribution >= 0.6 is 0 Å². The Balaban J connectivity index is 1.86. The molecule has 1 heterocycles. The first-order chi connectivity index (χ1) is 17.1. The van der Waals surface area contributed by atoms with Crippen LogP contribution in [-0.4, -0.2) is 24.7 Å². The fourth-order valence-corrected chi connectivity index (χ4v) is 5.49. The molecule has 36 heavy (non-hydrogen) atoms. The Labute approximate surface area is 212 Å². The Morgan fingerprint density at radius 3 is 2.31 bits per heavy atom. The molecule has 4 rings (SSSR count). The third kappa shape index (κ3) is 5.75. The van der Waals surface area contributed by atoms with Gasteiger partial charge in [0.1, 0.15) is 5.60 Å². The summed E-state index contributed by atoms with van der Waals surface area (Å²) in [5.41, 5.74) is 2.79. The molecular formula is C29H30N2O4S. The van der Waals surface area contributed by atoms with Gasteiger partial charge in [0.15, 0.2) is 0 Å². The minimum Gasteiger partial charge on any atom is -0.443 e. The van der Waals surface area contributed by atoms with Gasteiger partial charge < -0.3 is 4.74 Å². The van der Waals surface area contributed by atoms with Crippen molar-refractivity contribution in [3.05, 3.63) is 114 Å². The summed E-state index contributed by atoms with van der Waals surface area (Å²) in [4.78, 5) is 13.1. The van der Waals surface area contributed by atoms with Gasteiger partial charge in [-0.05, 0) is 43.5 Å². The zero-order valence-electron chi connectivity index (χ0n) is 20.6. The number of ether oxygens (including phenoxy) is 1. The predicted molar refractivity (Wildman–Crippen MR) is 144 cm³/mol. The molecule has 186 valence electrons. The number of rotatable bonds is 7. The summed E-state index contributed by atoms with van der Waals surface area (Å²) in [7, 11) is -3.77. The van der Waals surface area contributed by atoms with Crippen molar-refractivity contribution in [1.82, 2.24) is 9.29 Å². The first-order valence-electron chi connectivity index (χ1n) is 11.7. The van der Waals surface area contributed by atoms with Gasteiger partial charge in [0.05, 0.1) is 17.3 Å². The van der Waals surface area contributed by atoms with Crippen LogP contribution in [0.5, 0.6) is 0 Å². The Morgan fingerprint density at radius 2 is 1.61 bits per heavy atom. The van der Waals surface area contributed by atoms with E-state index in [-0.39, 0.29) is 5.75 Å². The van der Waals surface area contributed by atoms with E-state index < -0.39 is 27.8 Å². The lowest BCUT2D eigenvalue weighted by Crippen LogP contribution is -2.31. The van der Waals surface area contributed by atoms with Crippen LogP contribution < -0.4 is 4.72 Å². The lowest BCUT2D eigenvalue weighted by molar-refractivity contribution is 0.0544. The Kier molecular flexibility index (Phi) is 7.15. The van der Waals surface area contributed by atoms with Crippen LogP contribution in [0.4, 0.5) is 4.79 Å². The molecule has 0 aliphatic heterocycles. The topological polar surface area (TPSA) is 77.4 Å². The van der Waals surface area contributed by atoms with Crippen molar-refractivity contribution in [3.8, 4) is 0 Å². The largest absolute Gasteiger partial charge is 0.443 e. The maximum Gasteiger partial charge on any atom is 0.419 e. The van der Waals surface area contributed by atoms with Crippen LogP contribution in [0.15, 0.2) is 91.6 Å². The van der Waals surface area contributed by atoms with Gasteiger partial charge >= 0.3 is 6.09 Å². The van der Waals surface area contributed by atoms with E-state index in [9.17, 15) is 13.2 Å². The molecule has 0 fully saturated rings. The van der Waals surface area contributed by atoms with E-state index in [1.54, 1.807) is 45.2 Å². The second-order valence-corrected chi connectivity index (χ2v) is 11.3. The van der Waals surface area contributed by atoms with Gasteiger partial charge in [0, 0.05) is 17.1 Å². The monoisotopic (exact) mass is 502 g/mol. The van der Waals surface area contributed by atoms with E-state index in [1.165, 1.54) is 4.57 Å². The number of nitrogens with one attached hydrogen (secondary N) is 1. The van der Waals surface area contributed by atoms with E-state index >= 15 is 0 Å². The number of hydrogen-bond acceptors (Lipinski definition) is 4. The van der Waals surface area contributed by atoms with E-state index in [1.807, 2.05) is 66.7 Å². The van der Waals surface area contributed by atoms with Gasteiger partial charge in [0.2, 0.25) is 10.0 Å². The lowest BCUT2D eigenvalue weighted by atomic mass is 9.95. The van der Waals surface area contributed by atoms with Gasteiger partial charge in [-0.1, -0.05) is 85.5 Å². The van der Waals surface area contributed by atoms with E-state index in [2.05, 4.69) is 11.3 Å². The molecule has 3 aromatic carbocycles. The van der Waals surface area contributed by atoms with Crippen LogP contribution in [-0.2, 0) is 20.5 Å². The summed E-state index contributed by atoms with van der Waals surface area (Å²) >= 11 is 0. The highest BCUT2D eigenvalue weighted by atomic mass is 32.2. The number of aromatic nitrogens is 1. The maximum atomic E-state index is 13.4. The van der Waals surface area contributed by atoms with Crippen molar-refractivity contribution in [2.24, 2.45) is 0 Å². The quantitative estimate of drug-likeness (QED) is 0.323. The Morgan fingerprint density at radius 1 is 0.972 bits per heavy atom. The van der Waals surface area contributed by atoms with Crippen molar-refractivity contribution in [3.63, 3.8) is 0 Å². The summed E-state index contributed by atoms with van der Waals surface area (Å²) in [6.07, 6.45) is 2.82. The van der Waals surface area contributed by atoms with E-state index in [0.29, 0.717) is 16.6 Å². The molecule has 0 unspecified atom stereocenters. The van der Waals surface area contributed by atoms with E-state index in [0.717, 1.165) is 16.5 Å². The van der Waals surface area contributed by atoms with Crippen LogP contribution in [0, 0.1) is 0 Å². The maximum absolute atomic E-state index is 13.4. The van der Waals surface area contributed by atoms with Crippen molar-refractivity contribution in [1.29, 1.82) is 0 Å². The SMILES string of the molecule is C=Cc1ccccc1[C@H](NS(=O)(=O)Cc1ccccc1)c1cn(C(=O)OC(C)(C)C)c2ccccc12. The number of sulfonamides is 1. The van der Waals surface area contributed by atoms with Crippen molar-refractivity contribution >= 4 is 33.1 Å². The van der Waals surface area contributed by atoms with Crippen LogP contribution in [0.25, 0.3) is 17.0 Å². The average molecular weight is 503 g/mol. The number of benzene rings is 3. The predicted octanol–water partition coefficient (Wildman–Crippen LogP) is 6.28. The van der Waals surface area contributed by atoms with Crippen LogP contribution in [0.3, 0.4) is 0 Å². The lowest BCUT2D eigenvalue weighted by Gasteiger charge is -2.21. The molecule has 0 aliphatic carbocycles. The van der Waals surface area contributed by atoms with Crippen molar-refractivity contribution in [2.75, 3.05) is 0 Å². The normalized spacial score (nSPS) is 12.9. The molecular weight excluding hydrogens is 472 g/mol. The number of para-hydroxylation sites is 1. The number of fused-ring (bicyclic) bond motifs is 1. The zero-order valence-corrected chi connectivity index (χ0v) is 21.5. The Hall–Kier alpha value is -3.68. The highest BCUT2D eigenvalue weighted by Crippen LogP contribution is 2.34. The summed E-state index contributed by atoms with van der Waals surface area (Å²) in [5.74, 6) is -0.175. The molecule has 0 amide bonds. The van der Waals surface area contributed by atoms with Crippen LogP contribution in [0.1, 0.15) is 49.1 Å². The van der Waals surface area contributed by atoms with Gasteiger partial charge in [-0.25, -0.2) is 17.9 Å². The third-order valence-corrected chi connectivity index (χ3v) is 6.98. The third-order valence-electron chi connectivity index (χ3n) is 5.67. The molecule has 1 atom stereocenters. The minimum atomic E-state index is -3.77. The van der Waals surface area contributed by atoms with Crippen LogP contribution in [0.2, 0.25) is 0 Å². The number of carbonyl (C=O) groups excluding carboxylic acids is 1. The molecule has 4 aromatic rings. The zero-order chi connectivity index (χ0) is 25.9. The van der Waals surface area contributed by atoms with Crippen molar-refractivity contribution < 1.29 is 17.9 Å². The second kappa shape index (κ2) is 10.1. The number of carbonyl (C=O) groups is 1. The molecule has 0 saturated carbocycles. The minimum absolute atomic E-state index is 0.175. The second-order valence-electron chi connectivity index (χ2n) is 9.58. The van der Waals surface area contributed by atoms with Gasteiger partial charge in [0.25, 0.3) is 0 Å². The standard InChI is InChI=1S/C29H30N2O4S/c1-5-22-15-9-10-16-23(22)27(30-36(33,34)20-21-13-7-6-8-14-21)25-19-31(28(32)35-29(2,3)4)26-18-12-11-17-24(25)26/h5-19,27,30H,1,20H2,2-4H3/t27-/m0/s1. The molecule has 1 N–H and O–H groups in total. The fourth-order valence-electron chi connectivity index (χ4n) is 4.17. The smallest absolute Gasteiger partial charge is 0.419 e. The summed E-state index contributed by atoms with van der Waals surface area (Å²) < 4.78 is 36.7.